The molecule has 2 atom stereocenters. The predicted molar refractivity (Wildman–Crippen MR) is 101 cm³/mol. The zero-order valence-electron chi connectivity index (χ0n) is 13.6. The summed E-state index contributed by atoms with van der Waals surface area (Å²) in [6.07, 6.45) is 1.14. The van der Waals surface area contributed by atoms with Gasteiger partial charge in [-0.05, 0) is 39.3 Å². The zero-order chi connectivity index (χ0) is 15.0. The number of halogens is 1. The van der Waals surface area contributed by atoms with Gasteiger partial charge in [0.25, 0.3) is 0 Å². The average molecular weight is 405 g/mol. The molecule has 1 aromatic carbocycles. The van der Waals surface area contributed by atoms with Gasteiger partial charge >= 0.3 is 0 Å². The summed E-state index contributed by atoms with van der Waals surface area (Å²) in [5.41, 5.74) is 1.24. The highest BCUT2D eigenvalue weighted by atomic mass is 127. The predicted octanol–water partition coefficient (Wildman–Crippen LogP) is 3.34. The molecule has 0 aliphatic carbocycles. The maximum atomic E-state index is 5.85. The van der Waals surface area contributed by atoms with Crippen molar-refractivity contribution < 1.29 is 4.74 Å². The van der Waals surface area contributed by atoms with E-state index in [0.717, 1.165) is 18.1 Å². The van der Waals surface area contributed by atoms with Crippen LogP contribution in [-0.4, -0.2) is 31.7 Å². The SMILES string of the molecule is CCC(C)NC(=NC)NCC(C)Oc1ccc(C)cc1.I. The first kappa shape index (κ1) is 20.0. The topological polar surface area (TPSA) is 45.7 Å². The minimum atomic E-state index is 0. The van der Waals surface area contributed by atoms with E-state index in [1.165, 1.54) is 5.56 Å². The summed E-state index contributed by atoms with van der Waals surface area (Å²) in [5.74, 6) is 1.72. The Morgan fingerprint density at radius 1 is 1.24 bits per heavy atom. The Hall–Kier alpha value is -0.980. The van der Waals surface area contributed by atoms with Crippen LogP contribution in [0.15, 0.2) is 29.3 Å². The molecule has 1 aromatic rings. The monoisotopic (exact) mass is 405 g/mol. The quantitative estimate of drug-likeness (QED) is 0.434. The Balaban J connectivity index is 0.00000400. The Labute approximate surface area is 145 Å². The third-order valence-electron chi connectivity index (χ3n) is 3.13. The molecule has 0 saturated carbocycles. The summed E-state index contributed by atoms with van der Waals surface area (Å²) in [6, 6.07) is 8.52. The van der Waals surface area contributed by atoms with E-state index in [2.05, 4.69) is 48.5 Å². The molecule has 5 heteroatoms. The Kier molecular flexibility index (Phi) is 10.2. The van der Waals surface area contributed by atoms with E-state index in [9.17, 15) is 0 Å². The zero-order valence-corrected chi connectivity index (χ0v) is 16.0. The van der Waals surface area contributed by atoms with Crippen molar-refractivity contribution in [2.24, 2.45) is 4.99 Å². The molecule has 120 valence electrons. The van der Waals surface area contributed by atoms with Crippen LogP contribution < -0.4 is 15.4 Å². The summed E-state index contributed by atoms with van der Waals surface area (Å²) >= 11 is 0. The van der Waals surface area contributed by atoms with Crippen LogP contribution in [0.1, 0.15) is 32.8 Å². The van der Waals surface area contributed by atoms with Gasteiger partial charge in [-0.15, -0.1) is 24.0 Å². The number of nitrogens with zero attached hydrogens (tertiary/aromatic N) is 1. The van der Waals surface area contributed by atoms with Crippen molar-refractivity contribution >= 4 is 29.9 Å². The van der Waals surface area contributed by atoms with Gasteiger partial charge in [0.2, 0.25) is 0 Å². The van der Waals surface area contributed by atoms with Gasteiger partial charge in [0.15, 0.2) is 5.96 Å². The second-order valence-electron chi connectivity index (χ2n) is 5.15. The highest BCUT2D eigenvalue weighted by Crippen LogP contribution is 2.12. The lowest BCUT2D eigenvalue weighted by Gasteiger charge is -2.20. The fourth-order valence-electron chi connectivity index (χ4n) is 1.66. The van der Waals surface area contributed by atoms with Gasteiger partial charge < -0.3 is 15.4 Å². The second-order valence-corrected chi connectivity index (χ2v) is 5.15. The lowest BCUT2D eigenvalue weighted by molar-refractivity contribution is 0.223. The Bertz CT molecular complexity index is 420. The van der Waals surface area contributed by atoms with E-state index >= 15 is 0 Å². The minimum Gasteiger partial charge on any atom is -0.489 e. The number of rotatable bonds is 6. The molecule has 21 heavy (non-hydrogen) atoms. The van der Waals surface area contributed by atoms with E-state index in [-0.39, 0.29) is 30.1 Å². The van der Waals surface area contributed by atoms with Crippen molar-refractivity contribution in [2.45, 2.75) is 46.3 Å². The fraction of sp³-hybridized carbons (Fsp3) is 0.562. The molecule has 0 aliphatic rings. The third-order valence-corrected chi connectivity index (χ3v) is 3.13. The molecule has 0 spiro atoms. The van der Waals surface area contributed by atoms with Gasteiger partial charge in [0, 0.05) is 13.1 Å². The van der Waals surface area contributed by atoms with Crippen LogP contribution in [0.25, 0.3) is 0 Å². The van der Waals surface area contributed by atoms with Crippen molar-refractivity contribution in [1.29, 1.82) is 0 Å². The molecule has 0 heterocycles. The summed E-state index contributed by atoms with van der Waals surface area (Å²) in [6.45, 7) is 9.11. The van der Waals surface area contributed by atoms with Crippen LogP contribution in [0.5, 0.6) is 5.75 Å². The number of benzene rings is 1. The normalized spacial score (nSPS) is 13.9. The van der Waals surface area contributed by atoms with Crippen LogP contribution in [0.4, 0.5) is 0 Å². The van der Waals surface area contributed by atoms with Crippen LogP contribution >= 0.6 is 24.0 Å². The summed E-state index contributed by atoms with van der Waals surface area (Å²) < 4.78 is 5.85. The van der Waals surface area contributed by atoms with E-state index < -0.39 is 0 Å². The summed E-state index contributed by atoms with van der Waals surface area (Å²) in [4.78, 5) is 4.21. The number of guanidine groups is 1. The van der Waals surface area contributed by atoms with Crippen molar-refractivity contribution in [3.05, 3.63) is 29.8 Å². The number of hydrogen-bond donors (Lipinski definition) is 2. The van der Waals surface area contributed by atoms with Crippen LogP contribution in [0.2, 0.25) is 0 Å². The molecule has 0 bridgehead atoms. The van der Waals surface area contributed by atoms with E-state index in [4.69, 9.17) is 4.74 Å². The summed E-state index contributed by atoms with van der Waals surface area (Å²) in [7, 11) is 1.78. The van der Waals surface area contributed by atoms with Gasteiger partial charge in [0.05, 0.1) is 6.54 Å². The molecular formula is C16H28IN3O. The molecular weight excluding hydrogens is 377 g/mol. The lowest BCUT2D eigenvalue weighted by atomic mass is 10.2. The molecule has 0 amide bonds. The minimum absolute atomic E-state index is 0. The van der Waals surface area contributed by atoms with Gasteiger partial charge in [-0.2, -0.15) is 0 Å². The second kappa shape index (κ2) is 10.7. The highest BCUT2D eigenvalue weighted by Gasteiger charge is 2.07. The Morgan fingerprint density at radius 2 is 1.86 bits per heavy atom. The molecule has 0 saturated heterocycles. The van der Waals surface area contributed by atoms with Gasteiger partial charge in [0.1, 0.15) is 11.9 Å². The molecule has 0 aliphatic heterocycles. The highest BCUT2D eigenvalue weighted by molar-refractivity contribution is 14.0. The molecule has 1 rings (SSSR count). The smallest absolute Gasteiger partial charge is 0.191 e. The van der Waals surface area contributed by atoms with Gasteiger partial charge in [-0.1, -0.05) is 24.6 Å². The standard InChI is InChI=1S/C16H27N3O.HI/c1-6-13(3)19-16(17-5)18-11-14(4)20-15-9-7-12(2)8-10-15;/h7-10,13-14H,6,11H2,1-5H3,(H2,17,18,19);1H. The Morgan fingerprint density at radius 3 is 2.38 bits per heavy atom. The number of ether oxygens (including phenoxy) is 1. The molecule has 2 N–H and O–H groups in total. The molecule has 0 aromatic heterocycles. The maximum absolute atomic E-state index is 5.85. The largest absolute Gasteiger partial charge is 0.489 e. The van der Waals surface area contributed by atoms with Crippen molar-refractivity contribution in [1.82, 2.24) is 10.6 Å². The molecule has 0 radical (unpaired) electrons. The molecule has 4 nitrogen and oxygen atoms in total. The van der Waals surface area contributed by atoms with Crippen molar-refractivity contribution in [3.8, 4) is 5.75 Å². The third kappa shape index (κ3) is 8.14. The number of nitrogens with one attached hydrogen (secondary N) is 2. The number of aryl methyl sites for hydroxylation is 1. The molecule has 0 fully saturated rings. The van der Waals surface area contributed by atoms with E-state index in [1.807, 2.05) is 19.1 Å². The average Bonchev–Trinajstić information content (AvgIpc) is 2.45. The van der Waals surface area contributed by atoms with Gasteiger partial charge in [-0.25, -0.2) is 0 Å². The van der Waals surface area contributed by atoms with Crippen molar-refractivity contribution in [2.75, 3.05) is 13.6 Å². The van der Waals surface area contributed by atoms with Gasteiger partial charge in [-0.3, -0.25) is 4.99 Å². The molecule has 2 unspecified atom stereocenters. The fourth-order valence-corrected chi connectivity index (χ4v) is 1.66. The van der Waals surface area contributed by atoms with Crippen molar-refractivity contribution in [3.63, 3.8) is 0 Å². The lowest BCUT2D eigenvalue weighted by Crippen LogP contribution is -2.45. The maximum Gasteiger partial charge on any atom is 0.191 e. The first-order chi connectivity index (χ1) is 9.55. The van der Waals surface area contributed by atoms with E-state index in [1.54, 1.807) is 7.05 Å². The van der Waals surface area contributed by atoms with Crippen LogP contribution in [0, 0.1) is 6.92 Å². The summed E-state index contributed by atoms with van der Waals surface area (Å²) in [5, 5.41) is 6.61. The number of aliphatic imine (C=N–C) groups is 1. The first-order valence-corrected chi connectivity index (χ1v) is 7.25. The van der Waals surface area contributed by atoms with E-state index in [0.29, 0.717) is 12.6 Å². The number of hydrogen-bond acceptors (Lipinski definition) is 2. The first-order valence-electron chi connectivity index (χ1n) is 7.25. The van der Waals surface area contributed by atoms with Crippen LogP contribution in [0.3, 0.4) is 0 Å². The van der Waals surface area contributed by atoms with Crippen LogP contribution in [-0.2, 0) is 0 Å².